The Morgan fingerprint density at radius 2 is 2.10 bits per heavy atom. The van der Waals surface area contributed by atoms with Crippen LogP contribution in [0.15, 0.2) is 36.8 Å². The van der Waals surface area contributed by atoms with Crippen molar-refractivity contribution in [3.63, 3.8) is 0 Å². The first-order chi connectivity index (χ1) is 13.8. The number of carbonyl (C=O) groups is 1. The van der Waals surface area contributed by atoms with Gasteiger partial charge >= 0.3 is 6.18 Å². The minimum atomic E-state index is -4.60. The van der Waals surface area contributed by atoms with Crippen LogP contribution in [0.25, 0.3) is 11.0 Å². The number of fused-ring (bicyclic) bond motifs is 1. The second kappa shape index (κ2) is 8.49. The lowest BCUT2D eigenvalue weighted by atomic mass is 10.0. The van der Waals surface area contributed by atoms with Crippen molar-refractivity contribution in [1.82, 2.24) is 15.0 Å². The van der Waals surface area contributed by atoms with Gasteiger partial charge in [0.25, 0.3) is 5.91 Å². The fraction of sp³-hybridized carbons (Fsp3) is 0.316. The van der Waals surface area contributed by atoms with E-state index < -0.39 is 17.6 Å². The number of nitrogens with one attached hydrogen (secondary N) is 2. The second-order valence-electron chi connectivity index (χ2n) is 6.96. The summed E-state index contributed by atoms with van der Waals surface area (Å²) < 4.78 is 41.4. The summed E-state index contributed by atoms with van der Waals surface area (Å²) >= 11 is 0. The number of alkyl halides is 3. The average Bonchev–Trinajstić information content (AvgIpc) is 3.10. The summed E-state index contributed by atoms with van der Waals surface area (Å²) in [5.41, 5.74) is 5.76. The molecule has 7 nitrogen and oxygen atoms in total. The fourth-order valence-electron chi connectivity index (χ4n) is 3.61. The third-order valence-corrected chi connectivity index (χ3v) is 4.90. The van der Waals surface area contributed by atoms with Crippen LogP contribution >= 0.6 is 12.4 Å². The number of hydrogen-bond donors (Lipinski definition) is 3. The van der Waals surface area contributed by atoms with Crippen molar-refractivity contribution in [2.75, 3.05) is 23.3 Å². The molecule has 30 heavy (non-hydrogen) atoms. The lowest BCUT2D eigenvalue weighted by Gasteiger charge is -2.34. The highest BCUT2D eigenvalue weighted by atomic mass is 35.5. The molecule has 3 aromatic rings. The van der Waals surface area contributed by atoms with E-state index in [1.165, 1.54) is 18.5 Å². The second-order valence-corrected chi connectivity index (χ2v) is 6.96. The SMILES string of the molecule is Cl.NC1CCCN(c2c(C(F)(F)F)cnc3[nH]cc(NC(=O)c4ccccn4)c23)C1. The van der Waals surface area contributed by atoms with Crippen LogP contribution in [0.5, 0.6) is 0 Å². The molecule has 4 heterocycles. The summed E-state index contributed by atoms with van der Waals surface area (Å²) in [6, 6.07) is 4.62. The van der Waals surface area contributed by atoms with E-state index in [9.17, 15) is 18.0 Å². The van der Waals surface area contributed by atoms with Crippen LogP contribution in [0, 0.1) is 0 Å². The van der Waals surface area contributed by atoms with Gasteiger partial charge in [-0.05, 0) is 25.0 Å². The largest absolute Gasteiger partial charge is 0.419 e. The number of anilines is 2. The van der Waals surface area contributed by atoms with Crippen molar-refractivity contribution in [2.24, 2.45) is 5.73 Å². The Morgan fingerprint density at radius 3 is 2.77 bits per heavy atom. The molecule has 0 spiro atoms. The van der Waals surface area contributed by atoms with E-state index in [0.717, 1.165) is 12.6 Å². The van der Waals surface area contributed by atoms with E-state index in [4.69, 9.17) is 5.73 Å². The molecule has 1 saturated heterocycles. The Hall–Kier alpha value is -2.85. The van der Waals surface area contributed by atoms with Gasteiger partial charge in [-0.15, -0.1) is 12.4 Å². The number of pyridine rings is 2. The summed E-state index contributed by atoms with van der Waals surface area (Å²) in [6.45, 7) is 0.732. The molecule has 11 heteroatoms. The fourth-order valence-corrected chi connectivity index (χ4v) is 3.61. The molecule has 1 aliphatic rings. The molecule has 1 unspecified atom stereocenters. The normalized spacial score (nSPS) is 16.9. The van der Waals surface area contributed by atoms with Crippen LogP contribution in [-0.4, -0.2) is 40.0 Å². The van der Waals surface area contributed by atoms with E-state index in [0.29, 0.717) is 19.5 Å². The minimum absolute atomic E-state index is 0. The van der Waals surface area contributed by atoms with E-state index in [1.807, 2.05) is 0 Å². The number of nitrogens with two attached hydrogens (primary N) is 1. The Morgan fingerprint density at radius 1 is 1.30 bits per heavy atom. The lowest BCUT2D eigenvalue weighted by Crippen LogP contribution is -2.43. The number of H-pyrrole nitrogens is 1. The molecule has 1 amide bonds. The van der Waals surface area contributed by atoms with Gasteiger partial charge in [-0.3, -0.25) is 9.78 Å². The maximum Gasteiger partial charge on any atom is 0.419 e. The van der Waals surface area contributed by atoms with E-state index >= 15 is 0 Å². The monoisotopic (exact) mass is 440 g/mol. The van der Waals surface area contributed by atoms with Crippen LogP contribution < -0.4 is 16.0 Å². The van der Waals surface area contributed by atoms with Crippen LogP contribution in [0.2, 0.25) is 0 Å². The molecular formula is C19H20ClF3N6O. The van der Waals surface area contributed by atoms with Gasteiger partial charge in [0, 0.05) is 37.7 Å². The smallest absolute Gasteiger partial charge is 0.369 e. The summed E-state index contributed by atoms with van der Waals surface area (Å²) in [5.74, 6) is -0.523. The van der Waals surface area contributed by atoms with E-state index in [2.05, 4.69) is 20.3 Å². The average molecular weight is 441 g/mol. The highest BCUT2D eigenvalue weighted by molar-refractivity contribution is 6.11. The molecule has 1 aliphatic heterocycles. The number of halogens is 4. The van der Waals surface area contributed by atoms with Gasteiger partial charge in [-0.2, -0.15) is 13.2 Å². The summed E-state index contributed by atoms with van der Waals surface area (Å²) in [5, 5.41) is 2.86. The summed E-state index contributed by atoms with van der Waals surface area (Å²) in [7, 11) is 0. The predicted molar refractivity (Wildman–Crippen MR) is 110 cm³/mol. The molecular weight excluding hydrogens is 421 g/mol. The number of hydrogen-bond acceptors (Lipinski definition) is 5. The predicted octanol–water partition coefficient (Wildman–Crippen LogP) is 3.58. The molecule has 4 rings (SSSR count). The first-order valence-corrected chi connectivity index (χ1v) is 9.15. The summed E-state index contributed by atoms with van der Waals surface area (Å²) in [4.78, 5) is 24.9. The molecule has 4 N–H and O–H groups in total. The molecule has 0 aromatic carbocycles. The van der Waals surface area contributed by atoms with Crippen LogP contribution in [-0.2, 0) is 6.18 Å². The lowest BCUT2D eigenvalue weighted by molar-refractivity contribution is -0.137. The molecule has 0 saturated carbocycles. The molecule has 1 fully saturated rings. The van der Waals surface area contributed by atoms with Crippen molar-refractivity contribution in [1.29, 1.82) is 0 Å². The van der Waals surface area contributed by atoms with Crippen molar-refractivity contribution >= 4 is 40.7 Å². The molecule has 3 aromatic heterocycles. The van der Waals surface area contributed by atoms with E-state index in [-0.39, 0.29) is 46.6 Å². The zero-order valence-corrected chi connectivity index (χ0v) is 16.6. The third kappa shape index (κ3) is 4.19. The molecule has 1 atom stereocenters. The number of nitrogens with zero attached hydrogens (tertiary/aromatic N) is 3. The van der Waals surface area contributed by atoms with Crippen molar-refractivity contribution in [3.05, 3.63) is 48.0 Å². The molecule has 0 bridgehead atoms. The van der Waals surface area contributed by atoms with Crippen LogP contribution in [0.1, 0.15) is 28.9 Å². The molecule has 160 valence electrons. The van der Waals surface area contributed by atoms with Gasteiger partial charge in [-0.25, -0.2) is 4.98 Å². The first kappa shape index (κ1) is 21.8. The number of amides is 1. The summed E-state index contributed by atoms with van der Waals surface area (Å²) in [6.07, 6.45) is 0.557. The third-order valence-electron chi connectivity index (χ3n) is 4.90. The van der Waals surface area contributed by atoms with Gasteiger partial charge in [0.15, 0.2) is 0 Å². The van der Waals surface area contributed by atoms with Crippen molar-refractivity contribution in [3.8, 4) is 0 Å². The quantitative estimate of drug-likeness (QED) is 0.578. The Bertz CT molecular complexity index is 1040. The molecule has 0 aliphatic carbocycles. The van der Waals surface area contributed by atoms with Crippen LogP contribution in [0.3, 0.4) is 0 Å². The number of aromatic amines is 1. The van der Waals surface area contributed by atoms with Crippen molar-refractivity contribution < 1.29 is 18.0 Å². The van der Waals surface area contributed by atoms with Gasteiger partial charge in [0.1, 0.15) is 11.3 Å². The maximum absolute atomic E-state index is 13.8. The standard InChI is InChI=1S/C19H19F3N6O.ClH/c20-19(21,22)12-8-25-17-15(16(12)28-7-3-4-11(23)10-28)14(9-26-17)27-18(29)13-5-1-2-6-24-13;/h1-2,5-6,8-9,11H,3-4,7,10,23H2,(H,25,26)(H,27,29);1H. The zero-order valence-electron chi connectivity index (χ0n) is 15.7. The Labute approximate surface area is 176 Å². The number of rotatable bonds is 3. The number of carbonyl (C=O) groups excluding carboxylic acids is 1. The highest BCUT2D eigenvalue weighted by Gasteiger charge is 2.38. The zero-order chi connectivity index (χ0) is 20.6. The maximum atomic E-state index is 13.8. The molecule has 0 radical (unpaired) electrons. The number of aromatic nitrogens is 3. The topological polar surface area (TPSA) is 99.9 Å². The van der Waals surface area contributed by atoms with Gasteiger partial charge < -0.3 is 20.9 Å². The Balaban J connectivity index is 0.00000256. The van der Waals surface area contributed by atoms with Crippen molar-refractivity contribution in [2.45, 2.75) is 25.1 Å². The van der Waals surface area contributed by atoms with Gasteiger partial charge in [0.05, 0.1) is 22.3 Å². The Kier molecular flexibility index (Phi) is 6.18. The first-order valence-electron chi connectivity index (χ1n) is 9.15. The van der Waals surface area contributed by atoms with E-state index in [1.54, 1.807) is 17.0 Å². The highest BCUT2D eigenvalue weighted by Crippen LogP contribution is 2.43. The number of piperidine rings is 1. The van der Waals surface area contributed by atoms with Crippen LogP contribution in [0.4, 0.5) is 24.5 Å². The van der Waals surface area contributed by atoms with Gasteiger partial charge in [-0.1, -0.05) is 6.07 Å². The van der Waals surface area contributed by atoms with Gasteiger partial charge in [0.2, 0.25) is 0 Å². The minimum Gasteiger partial charge on any atom is -0.369 e.